The van der Waals surface area contributed by atoms with Gasteiger partial charge in [0.1, 0.15) is 0 Å². The van der Waals surface area contributed by atoms with Crippen LogP contribution in [0.25, 0.3) is 0 Å². The molecule has 0 radical (unpaired) electrons. The molecular formula is C12H16O3. The van der Waals surface area contributed by atoms with Gasteiger partial charge in [-0.1, -0.05) is 12.8 Å². The smallest absolute Gasteiger partial charge is 0.310 e. The lowest BCUT2D eigenvalue weighted by molar-refractivity contribution is -0.141. The minimum absolute atomic E-state index is 0.106. The van der Waals surface area contributed by atoms with Crippen LogP contribution >= 0.6 is 0 Å². The van der Waals surface area contributed by atoms with Gasteiger partial charge in [0, 0.05) is 6.42 Å². The molecule has 0 aromatic rings. The zero-order chi connectivity index (χ0) is 10.8. The lowest BCUT2D eigenvalue weighted by Crippen LogP contribution is -2.25. The van der Waals surface area contributed by atoms with E-state index in [1.165, 1.54) is 12.8 Å². The van der Waals surface area contributed by atoms with Crippen LogP contribution in [0.4, 0.5) is 0 Å². The van der Waals surface area contributed by atoms with Crippen molar-refractivity contribution in [3.05, 3.63) is 11.6 Å². The van der Waals surface area contributed by atoms with Gasteiger partial charge in [0.05, 0.1) is 5.92 Å². The van der Waals surface area contributed by atoms with Gasteiger partial charge in [-0.3, -0.25) is 9.59 Å². The maximum Gasteiger partial charge on any atom is 0.310 e. The average Bonchev–Trinajstić information content (AvgIpc) is 2.69. The Labute approximate surface area is 89.2 Å². The molecule has 1 N–H and O–H groups in total. The van der Waals surface area contributed by atoms with E-state index in [0.717, 1.165) is 18.4 Å². The molecule has 1 fully saturated rings. The highest BCUT2D eigenvalue weighted by Crippen LogP contribution is 2.38. The SMILES string of the molecule is O=C1C=C(C2CCCC2)C(C(=O)O)CC1. The number of rotatable bonds is 2. The number of carboxylic acids is 1. The first-order valence-corrected chi connectivity index (χ1v) is 5.65. The summed E-state index contributed by atoms with van der Waals surface area (Å²) >= 11 is 0. The molecule has 0 aromatic heterocycles. The van der Waals surface area contributed by atoms with Gasteiger partial charge < -0.3 is 5.11 Å². The number of ketones is 1. The molecule has 3 heteroatoms. The summed E-state index contributed by atoms with van der Waals surface area (Å²) < 4.78 is 0. The minimum Gasteiger partial charge on any atom is -0.481 e. The normalized spacial score (nSPS) is 27.9. The van der Waals surface area contributed by atoms with Crippen LogP contribution in [0.1, 0.15) is 38.5 Å². The van der Waals surface area contributed by atoms with Crippen LogP contribution in [0.3, 0.4) is 0 Å². The molecule has 0 amide bonds. The van der Waals surface area contributed by atoms with Gasteiger partial charge in [-0.25, -0.2) is 0 Å². The Kier molecular flexibility index (Phi) is 2.89. The first-order valence-electron chi connectivity index (χ1n) is 5.65. The van der Waals surface area contributed by atoms with E-state index in [4.69, 9.17) is 5.11 Å². The number of aliphatic carboxylic acids is 1. The molecule has 1 saturated carbocycles. The predicted octanol–water partition coefficient (Wildman–Crippen LogP) is 2.17. The van der Waals surface area contributed by atoms with Crippen LogP contribution in [0.2, 0.25) is 0 Å². The lowest BCUT2D eigenvalue weighted by Gasteiger charge is -2.24. The summed E-state index contributed by atoms with van der Waals surface area (Å²) in [6.07, 6.45) is 6.96. The minimum atomic E-state index is -0.763. The van der Waals surface area contributed by atoms with Gasteiger partial charge in [0.15, 0.2) is 5.78 Å². The third-order valence-electron chi connectivity index (χ3n) is 3.53. The molecule has 2 aliphatic carbocycles. The van der Waals surface area contributed by atoms with Crippen LogP contribution in [-0.2, 0) is 9.59 Å². The molecule has 2 rings (SSSR count). The van der Waals surface area contributed by atoms with E-state index in [0.29, 0.717) is 18.8 Å². The Morgan fingerprint density at radius 3 is 2.53 bits per heavy atom. The van der Waals surface area contributed by atoms with Crippen molar-refractivity contribution in [2.24, 2.45) is 11.8 Å². The molecule has 0 heterocycles. The number of allylic oxidation sites excluding steroid dienone is 1. The average molecular weight is 208 g/mol. The van der Waals surface area contributed by atoms with Crippen molar-refractivity contribution in [2.75, 3.05) is 0 Å². The number of carbonyl (C=O) groups is 2. The topological polar surface area (TPSA) is 54.4 Å². The molecule has 2 aliphatic rings. The van der Waals surface area contributed by atoms with Gasteiger partial charge in [-0.05, 0) is 36.8 Å². The summed E-state index contributed by atoms with van der Waals surface area (Å²) in [6, 6.07) is 0. The summed E-state index contributed by atoms with van der Waals surface area (Å²) in [5, 5.41) is 9.10. The second-order valence-electron chi connectivity index (χ2n) is 4.52. The Bertz CT molecular complexity index is 311. The molecule has 0 aromatic carbocycles. The van der Waals surface area contributed by atoms with Gasteiger partial charge in [-0.15, -0.1) is 0 Å². The Hall–Kier alpha value is -1.12. The second kappa shape index (κ2) is 4.17. The van der Waals surface area contributed by atoms with Gasteiger partial charge in [0.25, 0.3) is 0 Å². The summed E-state index contributed by atoms with van der Waals surface area (Å²) in [6.45, 7) is 0. The highest BCUT2D eigenvalue weighted by Gasteiger charge is 2.33. The number of carboxylic acid groups (broad SMARTS) is 1. The zero-order valence-electron chi connectivity index (χ0n) is 8.74. The van der Waals surface area contributed by atoms with Crippen molar-refractivity contribution >= 4 is 11.8 Å². The highest BCUT2D eigenvalue weighted by atomic mass is 16.4. The molecule has 15 heavy (non-hydrogen) atoms. The molecule has 0 bridgehead atoms. The standard InChI is InChI=1S/C12H16O3/c13-9-5-6-10(12(14)15)11(7-9)8-3-1-2-4-8/h7-8,10H,1-6H2,(H,14,15). The Morgan fingerprint density at radius 2 is 1.93 bits per heavy atom. The van der Waals surface area contributed by atoms with Crippen molar-refractivity contribution in [2.45, 2.75) is 38.5 Å². The van der Waals surface area contributed by atoms with Crippen molar-refractivity contribution < 1.29 is 14.7 Å². The van der Waals surface area contributed by atoms with E-state index in [9.17, 15) is 9.59 Å². The third-order valence-corrected chi connectivity index (χ3v) is 3.53. The highest BCUT2D eigenvalue weighted by molar-refractivity contribution is 5.93. The fraction of sp³-hybridized carbons (Fsp3) is 0.667. The molecular weight excluding hydrogens is 192 g/mol. The maximum absolute atomic E-state index is 11.3. The summed E-state index contributed by atoms with van der Waals surface area (Å²) in [4.78, 5) is 22.4. The summed E-state index contributed by atoms with van der Waals surface area (Å²) in [7, 11) is 0. The van der Waals surface area contributed by atoms with Crippen LogP contribution in [-0.4, -0.2) is 16.9 Å². The van der Waals surface area contributed by atoms with Crippen molar-refractivity contribution in [1.82, 2.24) is 0 Å². The first kappa shape index (κ1) is 10.4. The molecule has 0 aliphatic heterocycles. The fourth-order valence-corrected chi connectivity index (χ4v) is 2.74. The summed E-state index contributed by atoms with van der Waals surface area (Å²) in [5.41, 5.74) is 0.899. The van der Waals surface area contributed by atoms with Crippen LogP contribution < -0.4 is 0 Å². The largest absolute Gasteiger partial charge is 0.481 e. The van der Waals surface area contributed by atoms with E-state index in [1.807, 2.05) is 0 Å². The van der Waals surface area contributed by atoms with Gasteiger partial charge in [0.2, 0.25) is 0 Å². The summed E-state index contributed by atoms with van der Waals surface area (Å²) in [5.74, 6) is -0.698. The monoisotopic (exact) mass is 208 g/mol. The molecule has 0 spiro atoms. The zero-order valence-corrected chi connectivity index (χ0v) is 8.74. The molecule has 1 atom stereocenters. The third kappa shape index (κ3) is 2.11. The van der Waals surface area contributed by atoms with E-state index in [-0.39, 0.29) is 5.78 Å². The van der Waals surface area contributed by atoms with E-state index in [2.05, 4.69) is 0 Å². The lowest BCUT2D eigenvalue weighted by atomic mass is 9.79. The van der Waals surface area contributed by atoms with Gasteiger partial charge >= 0.3 is 5.97 Å². The molecule has 82 valence electrons. The fourth-order valence-electron chi connectivity index (χ4n) is 2.74. The quantitative estimate of drug-likeness (QED) is 0.756. The van der Waals surface area contributed by atoms with Crippen molar-refractivity contribution in [1.29, 1.82) is 0 Å². The number of hydrogen-bond acceptors (Lipinski definition) is 2. The maximum atomic E-state index is 11.3. The van der Waals surface area contributed by atoms with E-state index in [1.54, 1.807) is 6.08 Å². The number of hydrogen-bond donors (Lipinski definition) is 1. The number of carbonyl (C=O) groups excluding carboxylic acids is 1. The first-order chi connectivity index (χ1) is 7.18. The van der Waals surface area contributed by atoms with E-state index >= 15 is 0 Å². The van der Waals surface area contributed by atoms with Crippen LogP contribution in [0.5, 0.6) is 0 Å². The van der Waals surface area contributed by atoms with Crippen LogP contribution in [0.15, 0.2) is 11.6 Å². The second-order valence-corrected chi connectivity index (χ2v) is 4.52. The molecule has 1 unspecified atom stereocenters. The molecule has 0 saturated heterocycles. The predicted molar refractivity (Wildman–Crippen MR) is 55.4 cm³/mol. The van der Waals surface area contributed by atoms with Crippen molar-refractivity contribution in [3.63, 3.8) is 0 Å². The van der Waals surface area contributed by atoms with Crippen LogP contribution in [0, 0.1) is 11.8 Å². The van der Waals surface area contributed by atoms with Gasteiger partial charge in [-0.2, -0.15) is 0 Å². The Morgan fingerprint density at radius 1 is 1.27 bits per heavy atom. The molecule has 3 nitrogen and oxygen atoms in total. The van der Waals surface area contributed by atoms with Crippen molar-refractivity contribution in [3.8, 4) is 0 Å². The van der Waals surface area contributed by atoms with E-state index < -0.39 is 11.9 Å². The Balaban J connectivity index is 2.21.